The first-order valence-electron chi connectivity index (χ1n) is 7.28. The maximum atomic E-state index is 12.9. The second-order valence-corrected chi connectivity index (χ2v) is 5.20. The summed E-state index contributed by atoms with van der Waals surface area (Å²) in [6.45, 7) is 0.311. The molecule has 0 saturated carbocycles. The van der Waals surface area contributed by atoms with Gasteiger partial charge in [-0.25, -0.2) is 9.97 Å². The number of halogens is 3. The normalized spacial score (nSPS) is 11.6. The van der Waals surface area contributed by atoms with Crippen molar-refractivity contribution in [3.63, 3.8) is 0 Å². The van der Waals surface area contributed by atoms with Gasteiger partial charge < -0.3 is 19.8 Å². The van der Waals surface area contributed by atoms with Crippen molar-refractivity contribution in [2.24, 2.45) is 0 Å². The third-order valence-electron chi connectivity index (χ3n) is 3.67. The maximum Gasteiger partial charge on any atom is 0.431 e. The van der Waals surface area contributed by atoms with Crippen molar-refractivity contribution in [2.45, 2.75) is 12.7 Å². The van der Waals surface area contributed by atoms with Gasteiger partial charge in [0.05, 0.1) is 19.6 Å². The summed E-state index contributed by atoms with van der Waals surface area (Å²) in [4.78, 5) is 10.1. The molecule has 0 radical (unpaired) electrons. The molecule has 0 unspecified atom stereocenters. The molecule has 3 rings (SSSR count). The van der Waals surface area contributed by atoms with Crippen molar-refractivity contribution >= 4 is 16.9 Å². The molecule has 132 valence electrons. The van der Waals surface area contributed by atoms with E-state index >= 15 is 0 Å². The fourth-order valence-corrected chi connectivity index (χ4v) is 2.41. The van der Waals surface area contributed by atoms with Crippen LogP contribution in [0.4, 0.5) is 19.0 Å². The van der Waals surface area contributed by atoms with Gasteiger partial charge in [-0.05, 0) is 18.2 Å². The Balaban J connectivity index is 1.88. The molecular weight excluding hydrogens is 337 g/mol. The molecule has 2 heterocycles. The Hall–Kier alpha value is -2.97. The number of hydrogen-bond donors (Lipinski definition) is 2. The number of nitrogens with one attached hydrogen (secondary N) is 2. The monoisotopic (exact) mass is 352 g/mol. The number of rotatable bonds is 5. The minimum atomic E-state index is -4.48. The second-order valence-electron chi connectivity index (χ2n) is 5.20. The highest BCUT2D eigenvalue weighted by atomic mass is 19.4. The van der Waals surface area contributed by atoms with Gasteiger partial charge in [-0.1, -0.05) is 0 Å². The predicted molar refractivity (Wildman–Crippen MR) is 85.8 cm³/mol. The average Bonchev–Trinajstić information content (AvgIpc) is 3.05. The van der Waals surface area contributed by atoms with Crippen LogP contribution in [-0.4, -0.2) is 29.2 Å². The van der Waals surface area contributed by atoms with Crippen LogP contribution in [0, 0.1) is 0 Å². The molecule has 0 aliphatic carbocycles. The number of fused-ring (bicyclic) bond motifs is 1. The fraction of sp³-hybridized carbons (Fsp3) is 0.250. The summed E-state index contributed by atoms with van der Waals surface area (Å²) >= 11 is 0. The fourth-order valence-electron chi connectivity index (χ4n) is 2.41. The van der Waals surface area contributed by atoms with Crippen molar-refractivity contribution in [3.8, 4) is 11.5 Å². The first kappa shape index (κ1) is 16.9. The van der Waals surface area contributed by atoms with Gasteiger partial charge >= 0.3 is 6.18 Å². The molecule has 0 fully saturated rings. The third-order valence-corrected chi connectivity index (χ3v) is 3.67. The zero-order valence-electron chi connectivity index (χ0n) is 13.4. The lowest BCUT2D eigenvalue weighted by Gasteiger charge is -2.12. The molecule has 25 heavy (non-hydrogen) atoms. The summed E-state index contributed by atoms with van der Waals surface area (Å²) in [5, 5.41) is 3.29. The van der Waals surface area contributed by atoms with E-state index in [-0.39, 0.29) is 11.0 Å². The Morgan fingerprint density at radius 2 is 1.92 bits per heavy atom. The third kappa shape index (κ3) is 3.44. The van der Waals surface area contributed by atoms with Crippen LogP contribution in [0.3, 0.4) is 0 Å². The van der Waals surface area contributed by atoms with Crippen LogP contribution in [0.2, 0.25) is 0 Å². The molecule has 0 aliphatic rings. The minimum absolute atomic E-state index is 0.117. The van der Waals surface area contributed by atoms with Crippen molar-refractivity contribution < 1.29 is 22.6 Å². The van der Waals surface area contributed by atoms with Gasteiger partial charge in [0.15, 0.2) is 0 Å². The van der Waals surface area contributed by atoms with Crippen LogP contribution in [0.1, 0.15) is 11.3 Å². The maximum absolute atomic E-state index is 12.9. The number of alkyl halides is 3. The average molecular weight is 352 g/mol. The Labute approximate surface area is 141 Å². The zero-order chi connectivity index (χ0) is 18.0. The van der Waals surface area contributed by atoms with E-state index in [9.17, 15) is 13.2 Å². The molecule has 0 amide bonds. The number of aromatic amines is 1. The molecule has 0 saturated heterocycles. The summed E-state index contributed by atoms with van der Waals surface area (Å²) in [6.07, 6.45) is -3.27. The first-order valence-corrected chi connectivity index (χ1v) is 7.28. The van der Waals surface area contributed by atoms with Gasteiger partial charge in [0.25, 0.3) is 0 Å². The van der Waals surface area contributed by atoms with E-state index in [4.69, 9.17) is 9.47 Å². The molecular formula is C16H15F3N4O2. The molecule has 0 atom stereocenters. The Kier molecular flexibility index (Phi) is 4.39. The molecule has 0 aliphatic heterocycles. The molecule has 6 nitrogen and oxygen atoms in total. The summed E-state index contributed by atoms with van der Waals surface area (Å²) in [7, 11) is 3.08. The van der Waals surface area contributed by atoms with Crippen LogP contribution in [0.5, 0.6) is 11.5 Å². The van der Waals surface area contributed by atoms with Gasteiger partial charge in [-0.3, -0.25) is 0 Å². The topological polar surface area (TPSA) is 72.1 Å². The Morgan fingerprint density at radius 1 is 1.12 bits per heavy atom. The van der Waals surface area contributed by atoms with E-state index in [2.05, 4.69) is 20.3 Å². The van der Waals surface area contributed by atoms with Crippen LogP contribution in [0.15, 0.2) is 30.6 Å². The molecule has 3 aromatic rings. The second kappa shape index (κ2) is 6.50. The van der Waals surface area contributed by atoms with Gasteiger partial charge in [-0.2, -0.15) is 13.2 Å². The summed E-state index contributed by atoms with van der Waals surface area (Å²) in [6, 6.07) is 6.29. The van der Waals surface area contributed by atoms with Crippen molar-refractivity contribution in [3.05, 3.63) is 41.9 Å². The smallest absolute Gasteiger partial charge is 0.431 e. The Bertz CT molecular complexity index is 893. The number of H-pyrrole nitrogens is 1. The van der Waals surface area contributed by atoms with Gasteiger partial charge in [0.1, 0.15) is 35.0 Å². The number of hydrogen-bond acceptors (Lipinski definition) is 5. The number of ether oxygens (including phenoxy) is 2. The van der Waals surface area contributed by atoms with Crippen molar-refractivity contribution in [2.75, 3.05) is 19.5 Å². The highest BCUT2D eigenvalue weighted by Gasteiger charge is 2.33. The molecule has 2 N–H and O–H groups in total. The highest BCUT2D eigenvalue weighted by molar-refractivity contribution is 5.87. The van der Waals surface area contributed by atoms with E-state index in [1.165, 1.54) is 13.4 Å². The van der Waals surface area contributed by atoms with Crippen molar-refractivity contribution in [1.29, 1.82) is 0 Å². The number of anilines is 1. The summed E-state index contributed by atoms with van der Waals surface area (Å²) < 4.78 is 49.0. The molecule has 0 bridgehead atoms. The highest BCUT2D eigenvalue weighted by Crippen LogP contribution is 2.32. The number of methoxy groups -OCH3 is 2. The van der Waals surface area contributed by atoms with E-state index in [0.717, 1.165) is 11.6 Å². The first-order chi connectivity index (χ1) is 11.9. The quantitative estimate of drug-likeness (QED) is 0.734. The Morgan fingerprint density at radius 3 is 2.60 bits per heavy atom. The largest absolute Gasteiger partial charge is 0.497 e. The molecule has 2 aromatic heterocycles. The van der Waals surface area contributed by atoms with Crippen molar-refractivity contribution in [1.82, 2.24) is 15.0 Å². The molecule has 9 heteroatoms. The van der Waals surface area contributed by atoms with Gasteiger partial charge in [0, 0.05) is 18.2 Å². The van der Waals surface area contributed by atoms with Crippen LogP contribution < -0.4 is 14.8 Å². The summed E-state index contributed by atoms with van der Waals surface area (Å²) in [5.41, 5.74) is 0.0567. The van der Waals surface area contributed by atoms with Gasteiger partial charge in [0.2, 0.25) is 0 Å². The minimum Gasteiger partial charge on any atom is -0.497 e. The number of nitrogens with zero attached hydrogens (tertiary/aromatic N) is 2. The SMILES string of the molecule is COc1ccc(CNc2ncnc3[nH]c(C(F)(F)F)cc23)c(OC)c1. The lowest BCUT2D eigenvalue weighted by molar-refractivity contribution is -0.140. The lowest BCUT2D eigenvalue weighted by atomic mass is 10.2. The lowest BCUT2D eigenvalue weighted by Crippen LogP contribution is -2.04. The predicted octanol–water partition coefficient (Wildman–Crippen LogP) is 3.61. The standard InChI is InChI=1S/C16H15F3N4O2/c1-24-10-4-3-9(12(5-10)25-2)7-20-14-11-6-13(16(17,18)19)23-15(11)22-8-21-14/h3-6,8H,7H2,1-2H3,(H2,20,21,22,23). The van der Waals surface area contributed by atoms with E-state index in [0.29, 0.717) is 23.9 Å². The molecule has 0 spiro atoms. The summed E-state index contributed by atoms with van der Waals surface area (Å²) in [5.74, 6) is 1.54. The molecule has 1 aromatic carbocycles. The van der Waals surface area contributed by atoms with Crippen LogP contribution in [0.25, 0.3) is 11.0 Å². The zero-order valence-corrected chi connectivity index (χ0v) is 13.4. The van der Waals surface area contributed by atoms with E-state index in [1.54, 1.807) is 25.3 Å². The van der Waals surface area contributed by atoms with E-state index < -0.39 is 11.9 Å². The van der Waals surface area contributed by atoms with Crippen LogP contribution >= 0.6 is 0 Å². The van der Waals surface area contributed by atoms with Crippen LogP contribution in [-0.2, 0) is 12.7 Å². The van der Waals surface area contributed by atoms with E-state index in [1.807, 2.05) is 0 Å². The number of aromatic nitrogens is 3. The van der Waals surface area contributed by atoms with Gasteiger partial charge in [-0.15, -0.1) is 0 Å². The number of benzene rings is 1.